The number of nitrogens with one attached hydrogen (secondary N) is 1. The summed E-state index contributed by atoms with van der Waals surface area (Å²) in [6.45, 7) is 0.619. The van der Waals surface area contributed by atoms with Crippen LogP contribution in [0.15, 0.2) is 82.6 Å². The minimum absolute atomic E-state index is 0.485. The Bertz CT molecular complexity index is 1260. The van der Waals surface area contributed by atoms with Crippen LogP contribution in [0.5, 0.6) is 0 Å². The Morgan fingerprint density at radius 1 is 0.897 bits per heavy atom. The fourth-order valence-electron chi connectivity index (χ4n) is 3.07. The molecule has 142 valence electrons. The highest BCUT2D eigenvalue weighted by Gasteiger charge is 2.08. The van der Waals surface area contributed by atoms with Crippen LogP contribution in [0, 0.1) is 0 Å². The fraction of sp³-hybridized carbons (Fsp3) is 0.0435. The maximum Gasteiger partial charge on any atom is 0.295 e. The average Bonchev–Trinajstić information content (AvgIpc) is 3.40. The summed E-state index contributed by atoms with van der Waals surface area (Å²) in [7, 11) is 0. The van der Waals surface area contributed by atoms with E-state index in [2.05, 4.69) is 52.1 Å². The summed E-state index contributed by atoms with van der Waals surface area (Å²) in [5, 5.41) is 6.97. The van der Waals surface area contributed by atoms with Gasteiger partial charge < -0.3 is 9.73 Å². The van der Waals surface area contributed by atoms with Crippen molar-refractivity contribution >= 4 is 40.1 Å². The first-order chi connectivity index (χ1) is 14.2. The van der Waals surface area contributed by atoms with Gasteiger partial charge in [-0.1, -0.05) is 66.2 Å². The monoisotopic (exact) mass is 417 g/mol. The molecule has 3 aromatic carbocycles. The zero-order chi connectivity index (χ0) is 19.6. The molecule has 4 nitrogen and oxygen atoms in total. The number of nitrogens with zero attached hydrogens (tertiary/aromatic N) is 2. The van der Waals surface area contributed by atoms with Crippen molar-refractivity contribution in [1.82, 2.24) is 9.97 Å². The Hall–Kier alpha value is -3.15. The maximum atomic E-state index is 6.00. The normalized spacial score (nSPS) is 11.1. The third-order valence-electron chi connectivity index (χ3n) is 4.57. The van der Waals surface area contributed by atoms with Crippen LogP contribution in [-0.2, 0) is 6.54 Å². The highest BCUT2D eigenvalue weighted by Crippen LogP contribution is 2.29. The molecule has 0 unspecified atom stereocenters. The number of aromatic nitrogens is 2. The minimum Gasteiger partial charge on any atom is -0.424 e. The first kappa shape index (κ1) is 17.9. The van der Waals surface area contributed by atoms with Gasteiger partial charge in [-0.05, 0) is 23.8 Å². The largest absolute Gasteiger partial charge is 0.424 e. The van der Waals surface area contributed by atoms with E-state index >= 15 is 0 Å². The number of oxazole rings is 1. The molecule has 0 radical (unpaired) electrons. The number of halogens is 1. The lowest BCUT2D eigenvalue weighted by Gasteiger charge is -2.03. The highest BCUT2D eigenvalue weighted by atomic mass is 35.5. The molecule has 0 aliphatic rings. The number of rotatable bonds is 5. The molecule has 0 bridgehead atoms. The molecule has 0 fully saturated rings. The Balaban J connectivity index is 1.28. The number of thiazole rings is 1. The van der Waals surface area contributed by atoms with E-state index in [9.17, 15) is 0 Å². The second kappa shape index (κ2) is 7.70. The van der Waals surface area contributed by atoms with E-state index in [1.54, 1.807) is 23.5 Å². The van der Waals surface area contributed by atoms with Crippen molar-refractivity contribution in [2.75, 3.05) is 5.32 Å². The molecule has 0 saturated heterocycles. The predicted molar refractivity (Wildman–Crippen MR) is 119 cm³/mol. The summed E-state index contributed by atoms with van der Waals surface area (Å²) >= 11 is 7.65. The molecule has 2 heterocycles. The SMILES string of the molecule is Clc1ccc2oc(NCc3ccc(-c4nc(-c5ccccc5)cs4)cc3)nc2c1. The van der Waals surface area contributed by atoms with Crippen molar-refractivity contribution in [3.8, 4) is 21.8 Å². The van der Waals surface area contributed by atoms with Crippen LogP contribution >= 0.6 is 22.9 Å². The molecule has 6 heteroatoms. The topological polar surface area (TPSA) is 51.0 Å². The number of hydrogen-bond acceptors (Lipinski definition) is 5. The Morgan fingerprint density at radius 2 is 1.72 bits per heavy atom. The molecule has 1 N–H and O–H groups in total. The second-order valence-electron chi connectivity index (χ2n) is 6.59. The van der Waals surface area contributed by atoms with Crippen molar-refractivity contribution in [1.29, 1.82) is 0 Å². The maximum absolute atomic E-state index is 6.00. The predicted octanol–water partition coefficient (Wildman–Crippen LogP) is 6.88. The van der Waals surface area contributed by atoms with E-state index in [4.69, 9.17) is 21.0 Å². The fourth-order valence-corrected chi connectivity index (χ4v) is 4.07. The van der Waals surface area contributed by atoms with Crippen molar-refractivity contribution in [3.63, 3.8) is 0 Å². The van der Waals surface area contributed by atoms with Gasteiger partial charge in [0.1, 0.15) is 10.5 Å². The summed E-state index contributed by atoms with van der Waals surface area (Å²) in [5.41, 5.74) is 5.84. The summed E-state index contributed by atoms with van der Waals surface area (Å²) in [4.78, 5) is 9.19. The lowest BCUT2D eigenvalue weighted by atomic mass is 10.1. The van der Waals surface area contributed by atoms with E-state index in [0.29, 0.717) is 23.2 Å². The van der Waals surface area contributed by atoms with Crippen LogP contribution in [0.1, 0.15) is 5.56 Å². The van der Waals surface area contributed by atoms with Gasteiger partial charge >= 0.3 is 0 Å². The molecule has 5 aromatic rings. The van der Waals surface area contributed by atoms with Gasteiger partial charge in [-0.3, -0.25) is 0 Å². The Labute approximate surface area is 176 Å². The third-order valence-corrected chi connectivity index (χ3v) is 5.69. The number of hydrogen-bond donors (Lipinski definition) is 1. The number of fused-ring (bicyclic) bond motifs is 1. The van der Waals surface area contributed by atoms with Crippen LogP contribution < -0.4 is 5.32 Å². The molecule has 0 atom stereocenters. The second-order valence-corrected chi connectivity index (χ2v) is 7.88. The van der Waals surface area contributed by atoms with Crippen molar-refractivity contribution in [2.45, 2.75) is 6.54 Å². The van der Waals surface area contributed by atoms with Crippen LogP contribution in [-0.4, -0.2) is 9.97 Å². The van der Waals surface area contributed by atoms with Crippen LogP contribution in [0.25, 0.3) is 32.9 Å². The van der Waals surface area contributed by atoms with E-state index in [0.717, 1.165) is 32.9 Å². The standard InChI is InChI=1S/C23H16ClN3OS/c24-18-10-11-21-19(12-18)27-23(28-21)25-13-15-6-8-17(9-7-15)22-26-20(14-29-22)16-4-2-1-3-5-16/h1-12,14H,13H2,(H,25,27). The summed E-state index contributed by atoms with van der Waals surface area (Å²) < 4.78 is 5.69. The van der Waals surface area contributed by atoms with Gasteiger partial charge in [-0.2, -0.15) is 4.98 Å². The zero-order valence-corrected chi connectivity index (χ0v) is 16.9. The molecule has 2 aromatic heterocycles. The van der Waals surface area contributed by atoms with E-state index in [-0.39, 0.29) is 0 Å². The lowest BCUT2D eigenvalue weighted by Crippen LogP contribution is -1.99. The molecule has 5 rings (SSSR count). The smallest absolute Gasteiger partial charge is 0.295 e. The van der Waals surface area contributed by atoms with E-state index in [1.807, 2.05) is 24.3 Å². The third kappa shape index (κ3) is 3.88. The number of benzene rings is 3. The van der Waals surface area contributed by atoms with Crippen LogP contribution in [0.3, 0.4) is 0 Å². The molecular formula is C23H16ClN3OS. The molecule has 29 heavy (non-hydrogen) atoms. The van der Waals surface area contributed by atoms with Crippen LogP contribution in [0.4, 0.5) is 6.01 Å². The van der Waals surface area contributed by atoms with Gasteiger partial charge in [-0.15, -0.1) is 11.3 Å². The van der Waals surface area contributed by atoms with Gasteiger partial charge in [-0.25, -0.2) is 4.98 Å². The quantitative estimate of drug-likeness (QED) is 0.338. The minimum atomic E-state index is 0.485. The van der Waals surface area contributed by atoms with E-state index in [1.165, 1.54) is 0 Å². The summed E-state index contributed by atoms with van der Waals surface area (Å²) in [5.74, 6) is 0. The summed E-state index contributed by atoms with van der Waals surface area (Å²) in [6, 6.07) is 24.5. The van der Waals surface area contributed by atoms with Crippen molar-refractivity contribution in [3.05, 3.63) is 88.8 Å². The van der Waals surface area contributed by atoms with Gasteiger partial charge in [0.25, 0.3) is 6.01 Å². The van der Waals surface area contributed by atoms with Crippen molar-refractivity contribution < 1.29 is 4.42 Å². The zero-order valence-electron chi connectivity index (χ0n) is 15.3. The van der Waals surface area contributed by atoms with Crippen LogP contribution in [0.2, 0.25) is 5.02 Å². The molecule has 0 aliphatic heterocycles. The Kier molecular flexibility index (Phi) is 4.76. The molecular weight excluding hydrogens is 402 g/mol. The van der Waals surface area contributed by atoms with E-state index < -0.39 is 0 Å². The first-order valence-corrected chi connectivity index (χ1v) is 10.4. The molecule has 0 spiro atoms. The average molecular weight is 418 g/mol. The highest BCUT2D eigenvalue weighted by molar-refractivity contribution is 7.13. The molecule has 0 amide bonds. The molecule has 0 saturated carbocycles. The van der Waals surface area contributed by atoms with Gasteiger partial charge in [0.15, 0.2) is 5.58 Å². The first-order valence-electron chi connectivity index (χ1n) is 9.15. The lowest BCUT2D eigenvalue weighted by molar-refractivity contribution is 0.614. The van der Waals surface area contributed by atoms with Crippen molar-refractivity contribution in [2.24, 2.45) is 0 Å². The van der Waals surface area contributed by atoms with Gasteiger partial charge in [0, 0.05) is 28.1 Å². The number of anilines is 1. The van der Waals surface area contributed by atoms with Gasteiger partial charge in [0.05, 0.1) is 5.69 Å². The van der Waals surface area contributed by atoms with Gasteiger partial charge in [0.2, 0.25) is 0 Å². The molecule has 0 aliphatic carbocycles. The Morgan fingerprint density at radius 3 is 2.55 bits per heavy atom. The summed E-state index contributed by atoms with van der Waals surface area (Å²) in [6.07, 6.45) is 0.